The van der Waals surface area contributed by atoms with Crippen LogP contribution in [0.15, 0.2) is 66.7 Å². The van der Waals surface area contributed by atoms with Gasteiger partial charge in [-0.15, -0.1) is 0 Å². The number of carbonyl (C=O) groups is 2. The second kappa shape index (κ2) is 8.95. The van der Waals surface area contributed by atoms with E-state index in [0.29, 0.717) is 11.4 Å². The van der Waals surface area contributed by atoms with Crippen LogP contribution in [0.3, 0.4) is 0 Å². The van der Waals surface area contributed by atoms with Gasteiger partial charge in [0.1, 0.15) is 18.1 Å². The minimum Gasteiger partial charge on any atom is -0.352 e. The molecule has 0 unspecified atom stereocenters. The summed E-state index contributed by atoms with van der Waals surface area (Å²) >= 11 is 0. The number of amides is 2. The third-order valence-corrected chi connectivity index (χ3v) is 5.41. The Morgan fingerprint density at radius 3 is 2.37 bits per heavy atom. The Hall–Kier alpha value is -3.41. The molecule has 2 aromatic carbocycles. The molecule has 154 valence electrons. The molecule has 5 nitrogen and oxygen atoms in total. The van der Waals surface area contributed by atoms with Crippen molar-refractivity contribution in [2.45, 2.75) is 31.7 Å². The Morgan fingerprint density at radius 1 is 0.967 bits per heavy atom. The fourth-order valence-corrected chi connectivity index (χ4v) is 3.84. The van der Waals surface area contributed by atoms with Gasteiger partial charge in [0.2, 0.25) is 5.91 Å². The maximum Gasteiger partial charge on any atom is 0.275 e. The van der Waals surface area contributed by atoms with Gasteiger partial charge in [-0.1, -0.05) is 43.2 Å². The highest BCUT2D eigenvalue weighted by Crippen LogP contribution is 2.22. The van der Waals surface area contributed by atoms with Crippen LogP contribution in [0.1, 0.15) is 36.2 Å². The van der Waals surface area contributed by atoms with Gasteiger partial charge in [0.25, 0.3) is 5.91 Å². The zero-order valence-electron chi connectivity index (χ0n) is 16.6. The fourth-order valence-electron chi connectivity index (χ4n) is 3.84. The lowest BCUT2D eigenvalue weighted by molar-refractivity contribution is -0.120. The first-order valence-corrected chi connectivity index (χ1v) is 10.2. The van der Waals surface area contributed by atoms with Crippen molar-refractivity contribution < 1.29 is 14.0 Å². The molecule has 0 spiro atoms. The second-order valence-electron chi connectivity index (χ2n) is 7.57. The summed E-state index contributed by atoms with van der Waals surface area (Å²) in [7, 11) is 0. The van der Waals surface area contributed by atoms with E-state index in [2.05, 4.69) is 10.3 Å². The van der Waals surface area contributed by atoms with Crippen LogP contribution < -0.4 is 10.2 Å². The zero-order chi connectivity index (χ0) is 20.9. The number of nitrogens with zero attached hydrogens (tertiary/aromatic N) is 1. The molecule has 0 atom stereocenters. The van der Waals surface area contributed by atoms with Crippen LogP contribution in [0.5, 0.6) is 0 Å². The first-order chi connectivity index (χ1) is 14.6. The van der Waals surface area contributed by atoms with Crippen LogP contribution in [-0.2, 0) is 4.79 Å². The molecule has 3 aromatic rings. The van der Waals surface area contributed by atoms with Crippen molar-refractivity contribution in [3.05, 3.63) is 78.2 Å². The molecular formula is C24H24FN3O2. The summed E-state index contributed by atoms with van der Waals surface area (Å²) < 4.78 is 13.4. The number of rotatable bonds is 6. The molecule has 1 saturated carbocycles. The molecule has 2 N–H and O–H groups in total. The van der Waals surface area contributed by atoms with Crippen LogP contribution >= 0.6 is 0 Å². The number of anilines is 1. The summed E-state index contributed by atoms with van der Waals surface area (Å²) in [6, 6.07) is 19.0. The smallest absolute Gasteiger partial charge is 0.275 e. The topological polar surface area (TPSA) is 65.2 Å². The molecule has 1 aliphatic carbocycles. The first kappa shape index (κ1) is 19.9. The van der Waals surface area contributed by atoms with Crippen LogP contribution in [-0.4, -0.2) is 29.4 Å². The van der Waals surface area contributed by atoms with Gasteiger partial charge in [0, 0.05) is 17.4 Å². The Bertz CT molecular complexity index is 1010. The molecule has 0 radical (unpaired) electrons. The van der Waals surface area contributed by atoms with Crippen molar-refractivity contribution in [2.75, 3.05) is 11.4 Å². The van der Waals surface area contributed by atoms with Crippen molar-refractivity contribution >= 4 is 17.5 Å². The van der Waals surface area contributed by atoms with Gasteiger partial charge in [-0.3, -0.25) is 14.5 Å². The Balaban J connectivity index is 1.56. The first-order valence-electron chi connectivity index (χ1n) is 10.2. The van der Waals surface area contributed by atoms with Crippen LogP contribution in [0.2, 0.25) is 0 Å². The summed E-state index contributed by atoms with van der Waals surface area (Å²) in [4.78, 5) is 30.4. The highest BCUT2D eigenvalue weighted by Gasteiger charge is 2.24. The average molecular weight is 405 g/mol. The molecular weight excluding hydrogens is 381 g/mol. The lowest BCUT2D eigenvalue weighted by Crippen LogP contribution is -2.43. The van der Waals surface area contributed by atoms with E-state index in [1.807, 2.05) is 36.4 Å². The Labute approximate surface area is 174 Å². The summed E-state index contributed by atoms with van der Waals surface area (Å²) in [5.74, 6) is -0.951. The molecule has 4 rings (SSSR count). The number of hydrogen-bond donors (Lipinski definition) is 2. The summed E-state index contributed by atoms with van der Waals surface area (Å²) in [6.45, 7) is -0.124. The van der Waals surface area contributed by atoms with Crippen molar-refractivity contribution in [2.24, 2.45) is 0 Å². The van der Waals surface area contributed by atoms with Gasteiger partial charge >= 0.3 is 0 Å². The minimum absolute atomic E-state index is 0.124. The minimum atomic E-state index is -0.396. The molecule has 1 aliphatic rings. The lowest BCUT2D eigenvalue weighted by Gasteiger charge is -2.23. The van der Waals surface area contributed by atoms with Crippen molar-refractivity contribution in [3.8, 4) is 11.3 Å². The number of aromatic amines is 1. The predicted molar refractivity (Wildman–Crippen MR) is 115 cm³/mol. The lowest BCUT2D eigenvalue weighted by atomic mass is 10.2. The molecule has 0 saturated heterocycles. The van der Waals surface area contributed by atoms with Gasteiger partial charge in [0.15, 0.2) is 0 Å². The average Bonchev–Trinajstić information content (AvgIpc) is 3.45. The van der Waals surface area contributed by atoms with Crippen LogP contribution in [0.25, 0.3) is 11.3 Å². The van der Waals surface area contributed by atoms with Crippen LogP contribution in [0.4, 0.5) is 10.1 Å². The standard InChI is InChI=1S/C24H24FN3O2/c25-18-10-12-20(13-11-18)28(16-23(29)26-19-8-4-5-9-19)24(30)22-15-14-21(27-22)17-6-2-1-3-7-17/h1-3,6-7,10-15,19,27H,4-5,8-9,16H2,(H,26,29). The SMILES string of the molecule is O=C(CN(C(=O)c1ccc(-c2ccccc2)[nH]1)c1ccc(F)cc1)NC1CCCC1. The number of nitrogens with one attached hydrogen (secondary N) is 2. The largest absolute Gasteiger partial charge is 0.352 e. The highest BCUT2D eigenvalue weighted by atomic mass is 19.1. The van der Waals surface area contributed by atoms with E-state index in [-0.39, 0.29) is 24.4 Å². The number of benzene rings is 2. The zero-order valence-corrected chi connectivity index (χ0v) is 16.6. The van der Waals surface area contributed by atoms with Crippen molar-refractivity contribution in [1.82, 2.24) is 10.3 Å². The molecule has 1 aromatic heterocycles. The monoisotopic (exact) mass is 405 g/mol. The summed E-state index contributed by atoms with van der Waals surface area (Å²) in [6.07, 6.45) is 4.15. The number of hydrogen-bond acceptors (Lipinski definition) is 2. The van der Waals surface area contributed by atoms with Crippen molar-refractivity contribution in [3.63, 3.8) is 0 Å². The molecule has 0 bridgehead atoms. The van der Waals surface area contributed by atoms with E-state index in [1.54, 1.807) is 6.07 Å². The number of halogens is 1. The second-order valence-corrected chi connectivity index (χ2v) is 7.57. The third kappa shape index (κ3) is 4.59. The number of aromatic nitrogens is 1. The van der Waals surface area contributed by atoms with E-state index in [1.165, 1.54) is 29.2 Å². The maximum absolute atomic E-state index is 13.4. The van der Waals surface area contributed by atoms with Gasteiger partial charge in [-0.05, 0) is 54.8 Å². The normalized spacial score (nSPS) is 13.9. The summed E-state index contributed by atoms with van der Waals surface area (Å²) in [5, 5.41) is 3.01. The molecule has 6 heteroatoms. The van der Waals surface area contributed by atoms with Gasteiger partial charge in [-0.25, -0.2) is 4.39 Å². The number of H-pyrrole nitrogens is 1. The molecule has 0 aliphatic heterocycles. The van der Waals surface area contributed by atoms with Gasteiger partial charge in [0.05, 0.1) is 0 Å². The maximum atomic E-state index is 13.4. The molecule has 30 heavy (non-hydrogen) atoms. The van der Waals surface area contributed by atoms with E-state index < -0.39 is 5.82 Å². The van der Waals surface area contributed by atoms with E-state index in [4.69, 9.17) is 0 Å². The molecule has 2 amide bonds. The number of carbonyl (C=O) groups excluding carboxylic acids is 2. The predicted octanol–water partition coefficient (Wildman–Crippen LogP) is 4.53. The van der Waals surface area contributed by atoms with Crippen LogP contribution in [0, 0.1) is 5.82 Å². The fraction of sp³-hybridized carbons (Fsp3) is 0.250. The van der Waals surface area contributed by atoms with E-state index in [0.717, 1.165) is 36.9 Å². The van der Waals surface area contributed by atoms with Gasteiger partial charge < -0.3 is 10.3 Å². The molecule has 1 fully saturated rings. The van der Waals surface area contributed by atoms with E-state index >= 15 is 0 Å². The highest BCUT2D eigenvalue weighted by molar-refractivity contribution is 6.08. The Morgan fingerprint density at radius 2 is 1.67 bits per heavy atom. The third-order valence-electron chi connectivity index (χ3n) is 5.41. The van der Waals surface area contributed by atoms with Gasteiger partial charge in [-0.2, -0.15) is 0 Å². The molecule has 1 heterocycles. The Kier molecular flexibility index (Phi) is 5.93. The quantitative estimate of drug-likeness (QED) is 0.633. The van der Waals surface area contributed by atoms with E-state index in [9.17, 15) is 14.0 Å². The van der Waals surface area contributed by atoms with Crippen molar-refractivity contribution in [1.29, 1.82) is 0 Å². The summed E-state index contributed by atoms with van der Waals surface area (Å²) in [5.41, 5.74) is 2.61.